The maximum Gasteiger partial charge on any atom is 0.354 e. The topological polar surface area (TPSA) is 70.7 Å². The molecule has 0 spiro atoms. The molecule has 0 bridgehead atoms. The number of phenolic OH excluding ortho intramolecular Hbond substituents is 1. The van der Waals surface area contributed by atoms with E-state index in [4.69, 9.17) is 4.42 Å². The van der Waals surface area contributed by atoms with E-state index in [1.165, 1.54) is 6.07 Å². The highest BCUT2D eigenvalue weighted by Gasteiger charge is 2.17. The lowest BCUT2D eigenvalue weighted by atomic mass is 10.0. The van der Waals surface area contributed by atoms with Crippen LogP contribution >= 0.6 is 11.8 Å². The Morgan fingerprint density at radius 1 is 1.00 bits per heavy atom. The Kier molecular flexibility index (Phi) is 4.86. The lowest BCUT2D eigenvalue weighted by Crippen LogP contribution is -2.03. The number of phenols is 1. The maximum atomic E-state index is 12.4. The smallest absolute Gasteiger partial charge is 0.354 e. The highest BCUT2D eigenvalue weighted by Crippen LogP contribution is 2.38. The van der Waals surface area contributed by atoms with Gasteiger partial charge in [-0.3, -0.25) is 0 Å². The van der Waals surface area contributed by atoms with Gasteiger partial charge in [0.15, 0.2) is 0 Å². The average molecular weight is 354 g/mol. The number of rotatable bonds is 4. The minimum atomic E-state index is -0.591. The standard InChI is InChI=1S/C20H18O4S/c1-12(2)15-10-14(21)8-9-18(15)25-19-16(22)11-17(24-20(19)23)13-6-4-3-5-7-13/h3-12,21-22H,1-2H3. The summed E-state index contributed by atoms with van der Waals surface area (Å²) in [5.74, 6) is 0.529. The summed E-state index contributed by atoms with van der Waals surface area (Å²) < 4.78 is 5.39. The lowest BCUT2D eigenvalue weighted by Gasteiger charge is -2.13. The van der Waals surface area contributed by atoms with Crippen LogP contribution in [0.1, 0.15) is 25.3 Å². The second kappa shape index (κ2) is 7.07. The first-order chi connectivity index (χ1) is 12.0. The van der Waals surface area contributed by atoms with Gasteiger partial charge in [0.25, 0.3) is 0 Å². The highest BCUT2D eigenvalue weighted by atomic mass is 32.2. The second-order valence-corrected chi connectivity index (χ2v) is 7.01. The molecule has 0 saturated carbocycles. The summed E-state index contributed by atoms with van der Waals surface area (Å²) in [5.41, 5.74) is 1.03. The van der Waals surface area contributed by atoms with Gasteiger partial charge in [-0.25, -0.2) is 4.79 Å². The predicted molar refractivity (Wildman–Crippen MR) is 98.4 cm³/mol. The first-order valence-electron chi connectivity index (χ1n) is 7.89. The van der Waals surface area contributed by atoms with Crippen LogP contribution < -0.4 is 5.63 Å². The minimum Gasteiger partial charge on any atom is -0.508 e. The van der Waals surface area contributed by atoms with Gasteiger partial charge in [-0.1, -0.05) is 55.9 Å². The fourth-order valence-corrected chi connectivity index (χ4v) is 3.56. The molecular weight excluding hydrogens is 336 g/mol. The van der Waals surface area contributed by atoms with E-state index in [0.717, 1.165) is 27.8 Å². The van der Waals surface area contributed by atoms with Crippen LogP contribution in [0.5, 0.6) is 11.5 Å². The van der Waals surface area contributed by atoms with Gasteiger partial charge in [-0.15, -0.1) is 0 Å². The zero-order valence-electron chi connectivity index (χ0n) is 13.9. The lowest BCUT2D eigenvalue weighted by molar-refractivity contribution is 0.430. The third-order valence-electron chi connectivity index (χ3n) is 3.77. The molecule has 1 aromatic heterocycles. The zero-order chi connectivity index (χ0) is 18.0. The molecule has 0 aliphatic heterocycles. The Morgan fingerprint density at radius 2 is 1.72 bits per heavy atom. The third-order valence-corrected chi connectivity index (χ3v) is 4.95. The van der Waals surface area contributed by atoms with E-state index < -0.39 is 5.63 Å². The first kappa shape index (κ1) is 17.2. The molecule has 0 aliphatic carbocycles. The predicted octanol–water partition coefficient (Wildman–Crippen LogP) is 4.99. The van der Waals surface area contributed by atoms with E-state index in [0.29, 0.717) is 5.76 Å². The van der Waals surface area contributed by atoms with Gasteiger partial charge in [0.05, 0.1) is 0 Å². The van der Waals surface area contributed by atoms with Crippen molar-refractivity contribution >= 4 is 11.8 Å². The molecule has 0 saturated heterocycles. The molecule has 0 radical (unpaired) electrons. The fourth-order valence-electron chi connectivity index (χ4n) is 2.50. The molecule has 2 N–H and O–H groups in total. The third kappa shape index (κ3) is 3.72. The maximum absolute atomic E-state index is 12.4. The molecule has 0 aliphatic rings. The molecule has 2 aromatic carbocycles. The second-order valence-electron chi connectivity index (χ2n) is 5.96. The summed E-state index contributed by atoms with van der Waals surface area (Å²) in [7, 11) is 0. The molecule has 0 fully saturated rings. The van der Waals surface area contributed by atoms with Crippen molar-refractivity contribution in [1.29, 1.82) is 0 Å². The summed E-state index contributed by atoms with van der Waals surface area (Å²) in [6.07, 6.45) is 0. The van der Waals surface area contributed by atoms with Crippen molar-refractivity contribution in [2.45, 2.75) is 29.6 Å². The van der Waals surface area contributed by atoms with Gasteiger partial charge in [0.2, 0.25) is 0 Å². The van der Waals surface area contributed by atoms with Gasteiger partial charge in [0.1, 0.15) is 22.2 Å². The molecule has 0 amide bonds. The van der Waals surface area contributed by atoms with Gasteiger partial charge in [-0.2, -0.15) is 0 Å². The zero-order valence-corrected chi connectivity index (χ0v) is 14.7. The van der Waals surface area contributed by atoms with Crippen molar-refractivity contribution in [2.24, 2.45) is 0 Å². The van der Waals surface area contributed by atoms with Gasteiger partial charge in [-0.05, 0) is 29.7 Å². The SMILES string of the molecule is CC(C)c1cc(O)ccc1Sc1c(O)cc(-c2ccccc2)oc1=O. The highest BCUT2D eigenvalue weighted by molar-refractivity contribution is 7.99. The van der Waals surface area contributed by atoms with Gasteiger partial charge >= 0.3 is 5.63 Å². The van der Waals surface area contributed by atoms with Crippen LogP contribution in [0, 0.1) is 0 Å². The molecule has 3 rings (SSSR count). The van der Waals surface area contributed by atoms with Crippen LogP contribution in [-0.4, -0.2) is 10.2 Å². The summed E-state index contributed by atoms with van der Waals surface area (Å²) in [4.78, 5) is 13.3. The summed E-state index contributed by atoms with van der Waals surface area (Å²) in [5, 5.41) is 20.0. The molecule has 3 aromatic rings. The van der Waals surface area contributed by atoms with Crippen molar-refractivity contribution in [1.82, 2.24) is 0 Å². The molecule has 0 unspecified atom stereocenters. The monoisotopic (exact) mass is 354 g/mol. The summed E-state index contributed by atoms with van der Waals surface area (Å²) in [6.45, 7) is 4.00. The van der Waals surface area contributed by atoms with Crippen LogP contribution in [-0.2, 0) is 0 Å². The summed E-state index contributed by atoms with van der Waals surface area (Å²) >= 11 is 1.14. The molecule has 128 valence electrons. The van der Waals surface area contributed by atoms with Crippen LogP contribution in [0.15, 0.2) is 73.6 Å². The van der Waals surface area contributed by atoms with Gasteiger partial charge in [0, 0.05) is 16.5 Å². The Labute approximate surface area is 149 Å². The number of aromatic hydroxyl groups is 2. The molecule has 25 heavy (non-hydrogen) atoms. The number of hydrogen-bond donors (Lipinski definition) is 2. The Morgan fingerprint density at radius 3 is 2.36 bits per heavy atom. The molecule has 1 heterocycles. The Hall–Kier alpha value is -2.66. The van der Waals surface area contributed by atoms with Crippen LogP contribution in [0.3, 0.4) is 0 Å². The quantitative estimate of drug-likeness (QED) is 0.690. The minimum absolute atomic E-state index is 0.122. The molecular formula is C20H18O4S. The van der Waals surface area contributed by atoms with Crippen LogP contribution in [0.4, 0.5) is 0 Å². The average Bonchev–Trinajstić information content (AvgIpc) is 2.59. The largest absolute Gasteiger partial charge is 0.508 e. The van der Waals surface area contributed by atoms with E-state index in [1.54, 1.807) is 30.3 Å². The van der Waals surface area contributed by atoms with Crippen molar-refractivity contribution in [3.8, 4) is 22.8 Å². The van der Waals surface area contributed by atoms with Gasteiger partial charge < -0.3 is 14.6 Å². The van der Waals surface area contributed by atoms with E-state index in [1.807, 2.05) is 32.0 Å². The fraction of sp³-hybridized carbons (Fsp3) is 0.150. The van der Waals surface area contributed by atoms with Crippen molar-refractivity contribution in [3.05, 3.63) is 70.6 Å². The Bertz CT molecular complexity index is 946. The molecule has 4 nitrogen and oxygen atoms in total. The normalized spacial score (nSPS) is 11.0. The first-order valence-corrected chi connectivity index (χ1v) is 8.70. The number of hydrogen-bond acceptors (Lipinski definition) is 5. The van der Waals surface area contributed by atoms with E-state index >= 15 is 0 Å². The summed E-state index contributed by atoms with van der Waals surface area (Å²) in [6, 6.07) is 15.6. The molecule has 0 atom stereocenters. The van der Waals surface area contributed by atoms with Crippen LogP contribution in [0.25, 0.3) is 11.3 Å². The van der Waals surface area contributed by atoms with Crippen molar-refractivity contribution in [2.75, 3.05) is 0 Å². The van der Waals surface area contributed by atoms with E-state index in [-0.39, 0.29) is 22.3 Å². The van der Waals surface area contributed by atoms with Crippen LogP contribution in [0.2, 0.25) is 0 Å². The number of benzene rings is 2. The molecule has 5 heteroatoms. The van der Waals surface area contributed by atoms with Crippen molar-refractivity contribution < 1.29 is 14.6 Å². The Balaban J connectivity index is 2.01. The van der Waals surface area contributed by atoms with E-state index in [9.17, 15) is 15.0 Å². The van der Waals surface area contributed by atoms with E-state index in [2.05, 4.69) is 0 Å². The van der Waals surface area contributed by atoms with Crippen molar-refractivity contribution in [3.63, 3.8) is 0 Å².